The number of pyridine rings is 1. The molecule has 2 heterocycles. The number of nitrogens with zero attached hydrogens (tertiary/aromatic N) is 2. The van der Waals surface area contributed by atoms with Crippen LogP contribution in [0.5, 0.6) is 0 Å². The van der Waals surface area contributed by atoms with E-state index < -0.39 is 0 Å². The van der Waals surface area contributed by atoms with Gasteiger partial charge in [-0.15, -0.1) is 0 Å². The van der Waals surface area contributed by atoms with Gasteiger partial charge in [0.2, 0.25) is 0 Å². The Hall–Kier alpha value is -0.700. The van der Waals surface area contributed by atoms with Crippen LogP contribution in [0.15, 0.2) is 24.5 Å². The van der Waals surface area contributed by atoms with Gasteiger partial charge in [0, 0.05) is 42.7 Å². The number of hydrogen-bond acceptors (Lipinski definition) is 3. The van der Waals surface area contributed by atoms with E-state index in [0.717, 1.165) is 0 Å². The van der Waals surface area contributed by atoms with Gasteiger partial charge in [0.05, 0.1) is 0 Å². The average Bonchev–Trinajstić information content (AvgIpc) is 2.21. The summed E-state index contributed by atoms with van der Waals surface area (Å²) in [6, 6.07) is 4.16. The van der Waals surface area contributed by atoms with Gasteiger partial charge in [0.25, 0.3) is 0 Å². The van der Waals surface area contributed by atoms with Gasteiger partial charge in [0.15, 0.2) is 0 Å². The fourth-order valence-electron chi connectivity index (χ4n) is 1.38. The van der Waals surface area contributed by atoms with Gasteiger partial charge in [0.1, 0.15) is 0 Å². The molecular weight excluding hydrogens is 168 g/mol. The van der Waals surface area contributed by atoms with Crippen molar-refractivity contribution >= 4 is 17.4 Å². The second-order valence-corrected chi connectivity index (χ2v) is 4.03. The molecule has 1 aromatic heterocycles. The van der Waals surface area contributed by atoms with Crippen LogP contribution in [0.25, 0.3) is 0 Å². The summed E-state index contributed by atoms with van der Waals surface area (Å²) in [4.78, 5) is 6.42. The molecule has 64 valence electrons. The summed E-state index contributed by atoms with van der Waals surface area (Å²) in [6.45, 7) is 2.35. The summed E-state index contributed by atoms with van der Waals surface area (Å²) < 4.78 is 0. The zero-order valence-corrected chi connectivity index (χ0v) is 7.76. The minimum absolute atomic E-state index is 1.18. The molecule has 3 heteroatoms. The summed E-state index contributed by atoms with van der Waals surface area (Å²) in [5.74, 6) is 2.50. The van der Waals surface area contributed by atoms with Crippen LogP contribution < -0.4 is 4.90 Å². The molecule has 1 fully saturated rings. The molecule has 1 aromatic rings. The van der Waals surface area contributed by atoms with Crippen molar-refractivity contribution in [1.29, 1.82) is 0 Å². The van der Waals surface area contributed by atoms with Crippen LogP contribution in [0, 0.1) is 0 Å². The summed E-state index contributed by atoms with van der Waals surface area (Å²) in [5, 5.41) is 0. The maximum absolute atomic E-state index is 4.01. The molecule has 0 aliphatic carbocycles. The van der Waals surface area contributed by atoms with Crippen molar-refractivity contribution in [2.45, 2.75) is 0 Å². The minimum atomic E-state index is 1.18. The van der Waals surface area contributed by atoms with Crippen molar-refractivity contribution in [3.63, 3.8) is 0 Å². The van der Waals surface area contributed by atoms with Crippen LogP contribution >= 0.6 is 11.8 Å². The number of rotatable bonds is 1. The number of hydrogen-bond donors (Lipinski definition) is 0. The average molecular weight is 180 g/mol. The van der Waals surface area contributed by atoms with Gasteiger partial charge >= 0.3 is 0 Å². The van der Waals surface area contributed by atoms with Crippen molar-refractivity contribution in [1.82, 2.24) is 4.98 Å². The molecule has 2 nitrogen and oxygen atoms in total. The van der Waals surface area contributed by atoms with E-state index in [1.54, 1.807) is 0 Å². The molecule has 0 N–H and O–H groups in total. The summed E-state index contributed by atoms with van der Waals surface area (Å²) in [5.41, 5.74) is 1.31. The Labute approximate surface area is 77.0 Å². The highest BCUT2D eigenvalue weighted by molar-refractivity contribution is 7.99. The third kappa shape index (κ3) is 1.72. The molecule has 0 spiro atoms. The molecule has 0 radical (unpaired) electrons. The normalized spacial score (nSPS) is 17.8. The Morgan fingerprint density at radius 3 is 2.50 bits per heavy atom. The Balaban J connectivity index is 2.08. The summed E-state index contributed by atoms with van der Waals surface area (Å²) in [6.07, 6.45) is 3.72. The Morgan fingerprint density at radius 1 is 1.17 bits per heavy atom. The van der Waals surface area contributed by atoms with Crippen molar-refractivity contribution < 1.29 is 0 Å². The second-order valence-electron chi connectivity index (χ2n) is 2.80. The van der Waals surface area contributed by atoms with E-state index >= 15 is 0 Å². The molecule has 0 bridgehead atoms. The van der Waals surface area contributed by atoms with E-state index in [9.17, 15) is 0 Å². The van der Waals surface area contributed by atoms with Crippen LogP contribution in [0.1, 0.15) is 0 Å². The first-order chi connectivity index (χ1) is 5.97. The number of thioether (sulfide) groups is 1. The predicted molar refractivity (Wildman–Crippen MR) is 53.8 cm³/mol. The van der Waals surface area contributed by atoms with Gasteiger partial charge in [-0.1, -0.05) is 0 Å². The minimum Gasteiger partial charge on any atom is -0.370 e. The van der Waals surface area contributed by atoms with Gasteiger partial charge in [-0.2, -0.15) is 11.8 Å². The largest absolute Gasteiger partial charge is 0.370 e. The highest BCUT2D eigenvalue weighted by Gasteiger charge is 2.09. The number of aromatic nitrogens is 1. The van der Waals surface area contributed by atoms with Gasteiger partial charge in [-0.05, 0) is 12.1 Å². The standard InChI is InChI=1S/C9H12N2S/c1-3-10-4-2-9(1)11-5-7-12-8-6-11/h1-4H,5-8H2. The van der Waals surface area contributed by atoms with E-state index in [1.807, 2.05) is 24.2 Å². The lowest BCUT2D eigenvalue weighted by molar-refractivity contribution is 0.857. The monoisotopic (exact) mass is 180 g/mol. The smallest absolute Gasteiger partial charge is 0.0397 e. The van der Waals surface area contributed by atoms with Crippen LogP contribution in [0.2, 0.25) is 0 Å². The molecular formula is C9H12N2S. The van der Waals surface area contributed by atoms with E-state index in [4.69, 9.17) is 0 Å². The Bertz CT molecular complexity index is 232. The highest BCUT2D eigenvalue weighted by atomic mass is 32.2. The first kappa shape index (κ1) is 7.92. The molecule has 0 aromatic carbocycles. The third-order valence-electron chi connectivity index (χ3n) is 2.04. The molecule has 12 heavy (non-hydrogen) atoms. The molecule has 0 unspecified atom stereocenters. The maximum Gasteiger partial charge on any atom is 0.0397 e. The summed E-state index contributed by atoms with van der Waals surface area (Å²) in [7, 11) is 0. The topological polar surface area (TPSA) is 16.1 Å². The van der Waals surface area contributed by atoms with Crippen LogP contribution in [0.4, 0.5) is 5.69 Å². The lowest BCUT2D eigenvalue weighted by Crippen LogP contribution is -2.32. The Kier molecular flexibility index (Phi) is 2.51. The zero-order chi connectivity index (χ0) is 8.23. The quantitative estimate of drug-likeness (QED) is 0.653. The van der Waals surface area contributed by atoms with Crippen molar-refractivity contribution in [3.05, 3.63) is 24.5 Å². The molecule has 0 amide bonds. The summed E-state index contributed by atoms with van der Waals surface area (Å²) >= 11 is 2.04. The number of anilines is 1. The van der Waals surface area contributed by atoms with E-state index in [0.29, 0.717) is 0 Å². The van der Waals surface area contributed by atoms with Crippen molar-refractivity contribution in [2.24, 2.45) is 0 Å². The lowest BCUT2D eigenvalue weighted by Gasteiger charge is -2.28. The Morgan fingerprint density at radius 2 is 1.83 bits per heavy atom. The fourth-order valence-corrected chi connectivity index (χ4v) is 2.28. The molecule has 1 saturated heterocycles. The highest BCUT2D eigenvalue weighted by Crippen LogP contribution is 2.17. The van der Waals surface area contributed by atoms with Gasteiger partial charge in [-0.25, -0.2) is 0 Å². The second kappa shape index (κ2) is 3.81. The molecule has 1 aliphatic heterocycles. The molecule has 1 aliphatic rings. The van der Waals surface area contributed by atoms with Crippen molar-refractivity contribution in [3.8, 4) is 0 Å². The first-order valence-corrected chi connectivity index (χ1v) is 5.35. The van der Waals surface area contributed by atoms with Gasteiger partial charge < -0.3 is 4.90 Å². The van der Waals surface area contributed by atoms with E-state index in [2.05, 4.69) is 22.0 Å². The van der Waals surface area contributed by atoms with E-state index in [1.165, 1.54) is 30.3 Å². The zero-order valence-electron chi connectivity index (χ0n) is 6.94. The first-order valence-electron chi connectivity index (χ1n) is 4.19. The van der Waals surface area contributed by atoms with Crippen LogP contribution in [0.3, 0.4) is 0 Å². The van der Waals surface area contributed by atoms with Crippen LogP contribution in [-0.4, -0.2) is 29.6 Å². The van der Waals surface area contributed by atoms with Gasteiger partial charge in [-0.3, -0.25) is 4.98 Å². The molecule has 0 atom stereocenters. The third-order valence-corrected chi connectivity index (χ3v) is 2.98. The molecule has 0 saturated carbocycles. The molecule has 2 rings (SSSR count). The predicted octanol–water partition coefficient (Wildman–Crippen LogP) is 1.63. The fraction of sp³-hybridized carbons (Fsp3) is 0.444. The SMILES string of the molecule is c1cc(N2CCSCC2)ccn1. The van der Waals surface area contributed by atoms with Crippen molar-refractivity contribution in [2.75, 3.05) is 29.5 Å². The maximum atomic E-state index is 4.01. The van der Waals surface area contributed by atoms with E-state index in [-0.39, 0.29) is 0 Å². The van der Waals surface area contributed by atoms with Crippen LogP contribution in [-0.2, 0) is 0 Å². The lowest BCUT2D eigenvalue weighted by atomic mass is 10.3.